The smallest absolute Gasteiger partial charge is 0.125 e. The van der Waals surface area contributed by atoms with Crippen LogP contribution in [0.25, 0.3) is 0 Å². The molecule has 0 spiro atoms. The van der Waals surface area contributed by atoms with Gasteiger partial charge in [0.2, 0.25) is 0 Å². The fraction of sp³-hybridized carbons (Fsp3) is 0.231. The molecule has 0 aliphatic rings. The number of hydrogen-bond donors (Lipinski definition) is 1. The Hall–Kier alpha value is -0.840. The maximum Gasteiger partial charge on any atom is 0.125 e. The molecule has 2 rings (SSSR count). The molecule has 4 heteroatoms. The molecule has 0 bridgehead atoms. The second-order valence-electron chi connectivity index (χ2n) is 3.73. The van der Waals surface area contributed by atoms with Crippen LogP contribution in [0.1, 0.15) is 23.5 Å². The van der Waals surface area contributed by atoms with E-state index in [4.69, 9.17) is 4.74 Å². The lowest BCUT2D eigenvalue weighted by atomic mass is 10.1. The second kappa shape index (κ2) is 5.67. The van der Waals surface area contributed by atoms with Gasteiger partial charge in [-0.05, 0) is 35.0 Å². The van der Waals surface area contributed by atoms with Crippen LogP contribution in [0, 0.1) is 0 Å². The van der Waals surface area contributed by atoms with E-state index in [1.807, 2.05) is 35.7 Å². The Bertz CT molecular complexity index is 494. The van der Waals surface area contributed by atoms with E-state index in [-0.39, 0.29) is 0 Å². The van der Waals surface area contributed by atoms with Gasteiger partial charge in [0.15, 0.2) is 0 Å². The highest BCUT2D eigenvalue weighted by molar-refractivity contribution is 9.10. The zero-order chi connectivity index (χ0) is 12.3. The lowest BCUT2D eigenvalue weighted by Gasteiger charge is -2.12. The van der Waals surface area contributed by atoms with Gasteiger partial charge in [0.25, 0.3) is 0 Å². The summed E-state index contributed by atoms with van der Waals surface area (Å²) in [5, 5.41) is 11.6. The van der Waals surface area contributed by atoms with Crippen LogP contribution in [0.2, 0.25) is 0 Å². The van der Waals surface area contributed by atoms with Crippen molar-refractivity contribution in [1.29, 1.82) is 0 Å². The van der Waals surface area contributed by atoms with Crippen molar-refractivity contribution in [3.63, 3.8) is 0 Å². The number of thiophene rings is 1. The first-order valence-electron chi connectivity index (χ1n) is 5.29. The van der Waals surface area contributed by atoms with Crippen LogP contribution < -0.4 is 4.74 Å². The molecule has 90 valence electrons. The van der Waals surface area contributed by atoms with Crippen LogP contribution in [0.15, 0.2) is 40.2 Å². The van der Waals surface area contributed by atoms with E-state index < -0.39 is 6.10 Å². The summed E-state index contributed by atoms with van der Waals surface area (Å²) in [6.07, 6.45) is -0.513. The molecular weight excluding hydrogens is 300 g/mol. The second-order valence-corrected chi connectivity index (χ2v) is 5.65. The Balaban J connectivity index is 2.08. The van der Waals surface area contributed by atoms with Gasteiger partial charge in [-0.25, -0.2) is 0 Å². The molecule has 0 saturated heterocycles. The quantitative estimate of drug-likeness (QED) is 0.919. The summed E-state index contributed by atoms with van der Waals surface area (Å²) in [5.74, 6) is 0.743. The van der Waals surface area contributed by atoms with Crippen molar-refractivity contribution in [1.82, 2.24) is 0 Å². The highest BCUT2D eigenvalue weighted by Gasteiger charge is 2.08. The number of halogens is 1. The maximum atomic E-state index is 9.62. The van der Waals surface area contributed by atoms with Crippen LogP contribution in [0.3, 0.4) is 0 Å². The molecule has 0 aliphatic heterocycles. The molecule has 1 aromatic heterocycles. The highest BCUT2D eigenvalue weighted by Crippen LogP contribution is 2.27. The number of ether oxygens (including phenoxy) is 1. The van der Waals surface area contributed by atoms with Gasteiger partial charge in [-0.1, -0.05) is 18.2 Å². The SMILES string of the molecule is C[C@H](O)c1ccccc1OCc1cc(Br)cs1. The van der Waals surface area contributed by atoms with Gasteiger partial charge in [-0.2, -0.15) is 0 Å². The zero-order valence-electron chi connectivity index (χ0n) is 9.39. The monoisotopic (exact) mass is 312 g/mol. The third-order valence-electron chi connectivity index (χ3n) is 2.36. The van der Waals surface area contributed by atoms with Gasteiger partial charge in [-0.3, -0.25) is 0 Å². The average Bonchev–Trinajstić information content (AvgIpc) is 2.73. The van der Waals surface area contributed by atoms with Crippen LogP contribution in [-0.2, 0) is 6.61 Å². The normalized spacial score (nSPS) is 12.4. The van der Waals surface area contributed by atoms with Crippen molar-refractivity contribution >= 4 is 27.3 Å². The third kappa shape index (κ3) is 3.31. The van der Waals surface area contributed by atoms with Crippen LogP contribution >= 0.6 is 27.3 Å². The Labute approximate surface area is 113 Å². The molecule has 2 aromatic rings. The van der Waals surface area contributed by atoms with Crippen molar-refractivity contribution in [2.45, 2.75) is 19.6 Å². The van der Waals surface area contributed by atoms with Crippen LogP contribution in [0.5, 0.6) is 5.75 Å². The standard InChI is InChI=1S/C13H13BrO2S/c1-9(15)12-4-2-3-5-13(12)16-7-11-6-10(14)8-17-11/h2-6,8-9,15H,7H2,1H3/t9-/m0/s1. The number of aliphatic hydroxyl groups is 1. The summed E-state index contributed by atoms with van der Waals surface area (Å²) >= 11 is 5.06. The molecule has 0 unspecified atom stereocenters. The number of para-hydroxylation sites is 1. The van der Waals surface area contributed by atoms with Gasteiger partial charge in [0.05, 0.1) is 6.10 Å². The molecule has 0 radical (unpaired) electrons. The Morgan fingerprint density at radius 3 is 2.82 bits per heavy atom. The first-order chi connectivity index (χ1) is 8.16. The first kappa shape index (κ1) is 12.6. The lowest BCUT2D eigenvalue weighted by molar-refractivity contribution is 0.190. The van der Waals surface area contributed by atoms with E-state index in [9.17, 15) is 5.11 Å². The molecular formula is C13H13BrO2S. The van der Waals surface area contributed by atoms with E-state index >= 15 is 0 Å². The van der Waals surface area contributed by atoms with Gasteiger partial charge in [0, 0.05) is 20.3 Å². The predicted octanol–water partition coefficient (Wildman–Crippen LogP) is 4.14. The number of hydrogen-bond acceptors (Lipinski definition) is 3. The molecule has 1 heterocycles. The minimum absolute atomic E-state index is 0.513. The highest BCUT2D eigenvalue weighted by atomic mass is 79.9. The van der Waals surface area contributed by atoms with E-state index in [0.29, 0.717) is 6.61 Å². The topological polar surface area (TPSA) is 29.5 Å². The largest absolute Gasteiger partial charge is 0.488 e. The maximum absolute atomic E-state index is 9.62. The van der Waals surface area contributed by atoms with Gasteiger partial charge < -0.3 is 9.84 Å². The number of benzene rings is 1. The van der Waals surface area contributed by atoms with E-state index in [2.05, 4.69) is 15.9 Å². The minimum atomic E-state index is -0.513. The van der Waals surface area contributed by atoms with Crippen molar-refractivity contribution < 1.29 is 9.84 Å². The van der Waals surface area contributed by atoms with Crippen molar-refractivity contribution in [2.75, 3.05) is 0 Å². The molecule has 1 aromatic carbocycles. The Kier molecular flexibility index (Phi) is 4.20. The summed E-state index contributed by atoms with van der Waals surface area (Å²) in [7, 11) is 0. The summed E-state index contributed by atoms with van der Waals surface area (Å²) in [6, 6.07) is 9.60. The molecule has 1 atom stereocenters. The summed E-state index contributed by atoms with van der Waals surface area (Å²) in [5.41, 5.74) is 0.822. The predicted molar refractivity (Wildman–Crippen MR) is 73.4 cm³/mol. The lowest BCUT2D eigenvalue weighted by Crippen LogP contribution is -1.99. The van der Waals surface area contributed by atoms with E-state index in [0.717, 1.165) is 20.7 Å². The summed E-state index contributed by atoms with van der Waals surface area (Å²) in [4.78, 5) is 1.15. The molecule has 0 saturated carbocycles. The fourth-order valence-corrected chi connectivity index (χ4v) is 2.90. The molecule has 0 aliphatic carbocycles. The third-order valence-corrected chi connectivity index (χ3v) is 4.03. The fourth-order valence-electron chi connectivity index (χ4n) is 1.54. The zero-order valence-corrected chi connectivity index (χ0v) is 11.8. The van der Waals surface area contributed by atoms with Crippen LogP contribution in [0.4, 0.5) is 0 Å². The molecule has 1 N–H and O–H groups in total. The van der Waals surface area contributed by atoms with Gasteiger partial charge >= 0.3 is 0 Å². The van der Waals surface area contributed by atoms with Gasteiger partial charge in [0.1, 0.15) is 12.4 Å². The Morgan fingerprint density at radius 2 is 2.18 bits per heavy atom. The first-order valence-corrected chi connectivity index (χ1v) is 6.97. The molecule has 0 fully saturated rings. The van der Waals surface area contributed by atoms with Crippen molar-refractivity contribution in [2.24, 2.45) is 0 Å². The van der Waals surface area contributed by atoms with E-state index in [1.54, 1.807) is 18.3 Å². The number of aliphatic hydroxyl groups excluding tert-OH is 1. The minimum Gasteiger partial charge on any atom is -0.488 e. The Morgan fingerprint density at radius 1 is 1.41 bits per heavy atom. The van der Waals surface area contributed by atoms with Crippen molar-refractivity contribution in [3.05, 3.63) is 50.6 Å². The summed E-state index contributed by atoms with van der Waals surface area (Å²) < 4.78 is 6.80. The summed E-state index contributed by atoms with van der Waals surface area (Å²) in [6.45, 7) is 2.27. The molecule has 2 nitrogen and oxygen atoms in total. The van der Waals surface area contributed by atoms with Gasteiger partial charge in [-0.15, -0.1) is 11.3 Å². The number of rotatable bonds is 4. The molecule has 17 heavy (non-hydrogen) atoms. The molecule has 0 amide bonds. The average molecular weight is 313 g/mol. The van der Waals surface area contributed by atoms with E-state index in [1.165, 1.54) is 0 Å². The van der Waals surface area contributed by atoms with Crippen molar-refractivity contribution in [3.8, 4) is 5.75 Å². The van der Waals surface area contributed by atoms with Crippen LogP contribution in [-0.4, -0.2) is 5.11 Å².